The molecule has 150 valence electrons. The summed E-state index contributed by atoms with van der Waals surface area (Å²) in [4.78, 5) is 16.7. The maximum Gasteiger partial charge on any atom is 0.250 e. The molecule has 0 spiro atoms. The molecule has 1 aromatic heterocycles. The fraction of sp³-hybridized carbons (Fsp3) is 0.182. The minimum atomic E-state index is -0.268. The van der Waals surface area contributed by atoms with Crippen LogP contribution in [0.1, 0.15) is 12.5 Å². The standard InChI is InChI=1S/C22H22N2O4S/c1-4-28-17-9-5-15(6-10-17)19-14-29-22(23-19)24-21(25)12-8-16-7-11-18(26-2)13-20(16)27-3/h5-14H,4H2,1-3H3,(H,23,24,25)/b12-8+. The Morgan fingerprint density at radius 2 is 1.86 bits per heavy atom. The highest BCUT2D eigenvalue weighted by molar-refractivity contribution is 7.14. The normalized spacial score (nSPS) is 10.7. The highest BCUT2D eigenvalue weighted by atomic mass is 32.1. The van der Waals surface area contributed by atoms with Gasteiger partial charge in [-0.15, -0.1) is 11.3 Å². The highest BCUT2D eigenvalue weighted by Gasteiger charge is 2.08. The number of aromatic nitrogens is 1. The van der Waals surface area contributed by atoms with E-state index in [4.69, 9.17) is 14.2 Å². The lowest BCUT2D eigenvalue weighted by Gasteiger charge is -2.07. The van der Waals surface area contributed by atoms with Crippen LogP contribution in [0.5, 0.6) is 17.2 Å². The van der Waals surface area contributed by atoms with Gasteiger partial charge in [0.25, 0.3) is 0 Å². The van der Waals surface area contributed by atoms with Crippen molar-refractivity contribution >= 4 is 28.5 Å². The van der Waals surface area contributed by atoms with Crippen LogP contribution in [0.2, 0.25) is 0 Å². The van der Waals surface area contributed by atoms with Gasteiger partial charge < -0.3 is 14.2 Å². The Morgan fingerprint density at radius 3 is 2.55 bits per heavy atom. The second kappa shape index (κ2) is 9.75. The van der Waals surface area contributed by atoms with Crippen LogP contribution in [-0.2, 0) is 4.79 Å². The van der Waals surface area contributed by atoms with E-state index in [1.807, 2.05) is 48.7 Å². The Hall–Kier alpha value is -3.32. The summed E-state index contributed by atoms with van der Waals surface area (Å²) in [5, 5.41) is 5.22. The number of nitrogens with one attached hydrogen (secondary N) is 1. The van der Waals surface area contributed by atoms with Crippen LogP contribution in [0.3, 0.4) is 0 Å². The molecule has 7 heteroatoms. The fourth-order valence-electron chi connectivity index (χ4n) is 2.62. The molecule has 3 aromatic rings. The largest absolute Gasteiger partial charge is 0.497 e. The summed E-state index contributed by atoms with van der Waals surface area (Å²) in [5.41, 5.74) is 2.54. The van der Waals surface area contributed by atoms with E-state index in [2.05, 4.69) is 10.3 Å². The maximum absolute atomic E-state index is 12.3. The van der Waals surface area contributed by atoms with Crippen molar-refractivity contribution in [2.75, 3.05) is 26.1 Å². The van der Waals surface area contributed by atoms with E-state index >= 15 is 0 Å². The molecule has 0 aliphatic carbocycles. The Kier molecular flexibility index (Phi) is 6.86. The monoisotopic (exact) mass is 410 g/mol. The third-order valence-electron chi connectivity index (χ3n) is 4.05. The first-order chi connectivity index (χ1) is 14.1. The second-order valence-electron chi connectivity index (χ2n) is 5.93. The van der Waals surface area contributed by atoms with E-state index in [0.717, 1.165) is 22.6 Å². The van der Waals surface area contributed by atoms with Crippen LogP contribution in [0.25, 0.3) is 17.3 Å². The molecule has 3 rings (SSSR count). The number of hydrogen-bond acceptors (Lipinski definition) is 6. The number of ether oxygens (including phenoxy) is 3. The molecule has 0 saturated heterocycles. The fourth-order valence-corrected chi connectivity index (χ4v) is 3.34. The Morgan fingerprint density at radius 1 is 1.10 bits per heavy atom. The molecule has 0 fully saturated rings. The average Bonchev–Trinajstić information content (AvgIpc) is 3.21. The molecular weight excluding hydrogens is 388 g/mol. The van der Waals surface area contributed by atoms with Gasteiger partial charge in [-0.25, -0.2) is 4.98 Å². The zero-order valence-electron chi connectivity index (χ0n) is 16.5. The topological polar surface area (TPSA) is 69.7 Å². The lowest BCUT2D eigenvalue weighted by Crippen LogP contribution is -2.07. The zero-order valence-corrected chi connectivity index (χ0v) is 17.3. The number of amides is 1. The van der Waals surface area contributed by atoms with E-state index in [0.29, 0.717) is 23.2 Å². The number of carbonyl (C=O) groups is 1. The molecule has 29 heavy (non-hydrogen) atoms. The van der Waals surface area contributed by atoms with Crippen LogP contribution < -0.4 is 19.5 Å². The van der Waals surface area contributed by atoms with Crippen molar-refractivity contribution in [3.8, 4) is 28.5 Å². The van der Waals surface area contributed by atoms with Gasteiger partial charge in [0.1, 0.15) is 17.2 Å². The van der Waals surface area contributed by atoms with Crippen molar-refractivity contribution in [3.63, 3.8) is 0 Å². The summed E-state index contributed by atoms with van der Waals surface area (Å²) in [6, 6.07) is 13.1. The summed E-state index contributed by atoms with van der Waals surface area (Å²) >= 11 is 1.37. The van der Waals surface area contributed by atoms with E-state index in [1.54, 1.807) is 26.4 Å². The third kappa shape index (κ3) is 5.36. The Bertz CT molecular complexity index is 996. The van der Waals surface area contributed by atoms with Crippen LogP contribution in [0.4, 0.5) is 5.13 Å². The average molecular weight is 410 g/mol. The van der Waals surface area contributed by atoms with E-state index in [-0.39, 0.29) is 5.91 Å². The number of carbonyl (C=O) groups excluding carboxylic acids is 1. The highest BCUT2D eigenvalue weighted by Crippen LogP contribution is 2.27. The van der Waals surface area contributed by atoms with E-state index < -0.39 is 0 Å². The summed E-state index contributed by atoms with van der Waals surface area (Å²) in [7, 11) is 3.16. The van der Waals surface area contributed by atoms with Crippen LogP contribution >= 0.6 is 11.3 Å². The molecule has 0 bridgehead atoms. The van der Waals surface area contributed by atoms with Crippen LogP contribution in [0.15, 0.2) is 53.9 Å². The molecule has 0 aliphatic heterocycles. The van der Waals surface area contributed by atoms with Gasteiger partial charge >= 0.3 is 0 Å². The van der Waals surface area contributed by atoms with Crippen LogP contribution in [-0.4, -0.2) is 31.7 Å². The van der Waals surface area contributed by atoms with Crippen molar-refractivity contribution < 1.29 is 19.0 Å². The minimum absolute atomic E-state index is 0.268. The predicted octanol–water partition coefficient (Wildman–Crippen LogP) is 4.88. The first-order valence-electron chi connectivity index (χ1n) is 9.02. The number of rotatable bonds is 8. The van der Waals surface area contributed by atoms with Crippen molar-refractivity contribution in [2.24, 2.45) is 0 Å². The number of anilines is 1. The van der Waals surface area contributed by atoms with Gasteiger partial charge in [-0.3, -0.25) is 10.1 Å². The lowest BCUT2D eigenvalue weighted by molar-refractivity contribution is -0.111. The number of hydrogen-bond donors (Lipinski definition) is 1. The molecule has 0 unspecified atom stereocenters. The molecule has 0 aliphatic rings. The van der Waals surface area contributed by atoms with Crippen molar-refractivity contribution in [2.45, 2.75) is 6.92 Å². The summed E-state index contributed by atoms with van der Waals surface area (Å²) in [6.07, 6.45) is 3.14. The number of nitrogens with zero attached hydrogens (tertiary/aromatic N) is 1. The molecule has 1 N–H and O–H groups in total. The Balaban J connectivity index is 1.65. The second-order valence-corrected chi connectivity index (χ2v) is 6.78. The molecule has 0 saturated carbocycles. The van der Waals surface area contributed by atoms with Gasteiger partial charge in [0.2, 0.25) is 5.91 Å². The number of thiazole rings is 1. The first-order valence-corrected chi connectivity index (χ1v) is 9.90. The molecule has 0 atom stereocenters. The molecule has 1 amide bonds. The molecule has 6 nitrogen and oxygen atoms in total. The third-order valence-corrected chi connectivity index (χ3v) is 4.81. The van der Waals surface area contributed by atoms with E-state index in [1.165, 1.54) is 17.4 Å². The molecule has 0 radical (unpaired) electrons. The van der Waals surface area contributed by atoms with Gasteiger partial charge in [-0.1, -0.05) is 0 Å². The number of benzene rings is 2. The van der Waals surface area contributed by atoms with Crippen molar-refractivity contribution in [1.82, 2.24) is 4.98 Å². The zero-order chi connectivity index (χ0) is 20.6. The molecular formula is C22H22N2O4S. The van der Waals surface area contributed by atoms with Gasteiger partial charge in [0, 0.05) is 28.6 Å². The molecule has 1 heterocycles. The van der Waals surface area contributed by atoms with Gasteiger partial charge in [-0.2, -0.15) is 0 Å². The minimum Gasteiger partial charge on any atom is -0.497 e. The summed E-state index contributed by atoms with van der Waals surface area (Å²) in [6.45, 7) is 2.57. The summed E-state index contributed by atoms with van der Waals surface area (Å²) < 4.78 is 16.0. The van der Waals surface area contributed by atoms with E-state index in [9.17, 15) is 4.79 Å². The van der Waals surface area contributed by atoms with Crippen LogP contribution in [0, 0.1) is 0 Å². The van der Waals surface area contributed by atoms with Gasteiger partial charge in [0.05, 0.1) is 26.5 Å². The van der Waals surface area contributed by atoms with Crippen molar-refractivity contribution in [3.05, 3.63) is 59.5 Å². The summed E-state index contributed by atoms with van der Waals surface area (Å²) in [5.74, 6) is 1.86. The molecule has 2 aromatic carbocycles. The SMILES string of the molecule is CCOc1ccc(-c2csc(NC(=O)/C=C/c3ccc(OC)cc3OC)n2)cc1. The predicted molar refractivity (Wildman–Crippen MR) is 116 cm³/mol. The smallest absolute Gasteiger partial charge is 0.250 e. The van der Waals surface area contributed by atoms with Gasteiger partial charge in [-0.05, 0) is 49.4 Å². The Labute approximate surface area is 173 Å². The lowest BCUT2D eigenvalue weighted by atomic mass is 10.1. The maximum atomic E-state index is 12.3. The number of methoxy groups -OCH3 is 2. The quantitative estimate of drug-likeness (QED) is 0.536. The van der Waals surface area contributed by atoms with Crippen molar-refractivity contribution in [1.29, 1.82) is 0 Å². The first kappa shape index (κ1) is 20.4. The van der Waals surface area contributed by atoms with Gasteiger partial charge in [0.15, 0.2) is 5.13 Å².